The van der Waals surface area contributed by atoms with Crippen molar-refractivity contribution in [3.05, 3.63) is 35.4 Å². The molecule has 4 heteroatoms. The number of hydrogen-bond donors (Lipinski definition) is 0. The van der Waals surface area contributed by atoms with Crippen LogP contribution >= 0.6 is 0 Å². The molecule has 0 spiro atoms. The first kappa shape index (κ1) is 13.8. The SMILES string of the molecule is Cc1ccccc1C(=O)N1CC[C@@H]2[C@@H]1CC(=O)N2CC1CC1. The molecule has 2 heterocycles. The highest BCUT2D eigenvalue weighted by atomic mass is 16.2. The minimum atomic E-state index is 0.0818. The summed E-state index contributed by atoms with van der Waals surface area (Å²) in [7, 11) is 0. The van der Waals surface area contributed by atoms with Gasteiger partial charge in [-0.2, -0.15) is 0 Å². The van der Waals surface area contributed by atoms with Crippen LogP contribution in [0.5, 0.6) is 0 Å². The lowest BCUT2D eigenvalue weighted by atomic mass is 10.1. The Morgan fingerprint density at radius 3 is 2.68 bits per heavy atom. The lowest BCUT2D eigenvalue weighted by molar-refractivity contribution is -0.129. The Morgan fingerprint density at radius 1 is 1.18 bits per heavy atom. The number of benzene rings is 1. The summed E-state index contributed by atoms with van der Waals surface area (Å²) >= 11 is 0. The van der Waals surface area contributed by atoms with Gasteiger partial charge in [0.2, 0.25) is 5.91 Å². The van der Waals surface area contributed by atoms with Crippen molar-refractivity contribution in [2.24, 2.45) is 5.92 Å². The van der Waals surface area contributed by atoms with Crippen molar-refractivity contribution >= 4 is 11.8 Å². The molecule has 0 bridgehead atoms. The molecule has 116 valence electrons. The van der Waals surface area contributed by atoms with Crippen LogP contribution in [0.15, 0.2) is 24.3 Å². The van der Waals surface area contributed by atoms with E-state index in [2.05, 4.69) is 4.90 Å². The molecule has 22 heavy (non-hydrogen) atoms. The van der Waals surface area contributed by atoms with Gasteiger partial charge in [0.1, 0.15) is 0 Å². The van der Waals surface area contributed by atoms with Crippen molar-refractivity contribution in [3.8, 4) is 0 Å². The quantitative estimate of drug-likeness (QED) is 0.858. The van der Waals surface area contributed by atoms with Crippen LogP contribution in [0.25, 0.3) is 0 Å². The molecule has 4 rings (SSSR count). The van der Waals surface area contributed by atoms with E-state index in [9.17, 15) is 9.59 Å². The summed E-state index contributed by atoms with van der Waals surface area (Å²) < 4.78 is 0. The van der Waals surface area contributed by atoms with Gasteiger partial charge in [0, 0.05) is 25.1 Å². The lowest BCUT2D eigenvalue weighted by Crippen LogP contribution is -2.40. The van der Waals surface area contributed by atoms with Gasteiger partial charge in [-0.05, 0) is 43.7 Å². The summed E-state index contributed by atoms with van der Waals surface area (Å²) in [5.41, 5.74) is 1.78. The van der Waals surface area contributed by atoms with Gasteiger partial charge in [0.15, 0.2) is 0 Å². The Labute approximate surface area is 131 Å². The molecular weight excluding hydrogens is 276 g/mol. The number of likely N-dealkylation sites (tertiary alicyclic amines) is 2. The van der Waals surface area contributed by atoms with Gasteiger partial charge in [-0.15, -0.1) is 0 Å². The van der Waals surface area contributed by atoms with Crippen LogP contribution < -0.4 is 0 Å². The number of carbonyl (C=O) groups excluding carboxylic acids is 2. The fraction of sp³-hybridized carbons (Fsp3) is 0.556. The smallest absolute Gasteiger partial charge is 0.254 e. The topological polar surface area (TPSA) is 40.6 Å². The third kappa shape index (κ3) is 2.21. The van der Waals surface area contributed by atoms with E-state index >= 15 is 0 Å². The molecule has 3 fully saturated rings. The standard InChI is InChI=1S/C18H22N2O2/c1-12-4-2-3-5-14(12)18(22)19-9-8-15-16(19)10-17(21)20(15)11-13-6-7-13/h2-5,13,15-16H,6-11H2,1H3/t15-,16+/m1/s1. The fourth-order valence-electron chi connectivity index (χ4n) is 3.96. The molecule has 0 N–H and O–H groups in total. The van der Waals surface area contributed by atoms with Crippen LogP contribution in [0.3, 0.4) is 0 Å². The number of aryl methyl sites for hydroxylation is 1. The number of hydrogen-bond acceptors (Lipinski definition) is 2. The van der Waals surface area contributed by atoms with E-state index in [1.165, 1.54) is 12.8 Å². The second-order valence-corrected chi connectivity index (χ2v) is 6.93. The Morgan fingerprint density at radius 2 is 1.95 bits per heavy atom. The van der Waals surface area contributed by atoms with Gasteiger partial charge in [-0.25, -0.2) is 0 Å². The zero-order valence-corrected chi connectivity index (χ0v) is 13.0. The Kier molecular flexibility index (Phi) is 3.21. The fourth-order valence-corrected chi connectivity index (χ4v) is 3.96. The maximum atomic E-state index is 12.9. The van der Waals surface area contributed by atoms with Gasteiger partial charge in [0.25, 0.3) is 5.91 Å². The molecule has 1 aliphatic carbocycles. The average molecular weight is 298 g/mol. The van der Waals surface area contributed by atoms with E-state index in [1.807, 2.05) is 36.1 Å². The summed E-state index contributed by atoms with van der Waals surface area (Å²) in [5.74, 6) is 1.04. The molecular formula is C18H22N2O2. The number of nitrogens with zero attached hydrogens (tertiary/aromatic N) is 2. The monoisotopic (exact) mass is 298 g/mol. The van der Waals surface area contributed by atoms with E-state index in [0.29, 0.717) is 12.3 Å². The van der Waals surface area contributed by atoms with Gasteiger partial charge in [-0.1, -0.05) is 18.2 Å². The summed E-state index contributed by atoms with van der Waals surface area (Å²) in [5, 5.41) is 0. The molecule has 1 saturated carbocycles. The largest absolute Gasteiger partial charge is 0.337 e. The number of carbonyl (C=O) groups is 2. The van der Waals surface area contributed by atoms with Crippen molar-refractivity contribution in [1.29, 1.82) is 0 Å². The predicted molar refractivity (Wildman–Crippen MR) is 83.5 cm³/mol. The normalized spacial score (nSPS) is 27.4. The van der Waals surface area contributed by atoms with Crippen molar-refractivity contribution in [3.63, 3.8) is 0 Å². The highest BCUT2D eigenvalue weighted by Gasteiger charge is 2.49. The molecule has 2 aliphatic heterocycles. The first-order valence-corrected chi connectivity index (χ1v) is 8.31. The molecule has 1 aromatic rings. The van der Waals surface area contributed by atoms with Crippen molar-refractivity contribution in [2.45, 2.75) is 44.7 Å². The molecule has 1 aromatic carbocycles. The Hall–Kier alpha value is -1.84. The van der Waals surface area contributed by atoms with Gasteiger partial charge >= 0.3 is 0 Å². The highest BCUT2D eigenvalue weighted by molar-refractivity contribution is 5.96. The first-order chi connectivity index (χ1) is 10.6. The maximum absolute atomic E-state index is 12.9. The lowest BCUT2D eigenvalue weighted by Gasteiger charge is -2.25. The molecule has 4 nitrogen and oxygen atoms in total. The van der Waals surface area contributed by atoms with E-state index in [1.54, 1.807) is 0 Å². The minimum absolute atomic E-state index is 0.0818. The zero-order valence-electron chi connectivity index (χ0n) is 13.0. The van der Waals surface area contributed by atoms with Crippen molar-refractivity contribution in [2.75, 3.05) is 13.1 Å². The summed E-state index contributed by atoms with van der Waals surface area (Å²) in [4.78, 5) is 29.2. The van der Waals surface area contributed by atoms with E-state index in [0.717, 1.165) is 30.6 Å². The second-order valence-electron chi connectivity index (χ2n) is 6.93. The Bertz CT molecular complexity index is 623. The first-order valence-electron chi connectivity index (χ1n) is 8.31. The van der Waals surface area contributed by atoms with Crippen LogP contribution in [-0.2, 0) is 4.79 Å². The van der Waals surface area contributed by atoms with Crippen LogP contribution in [-0.4, -0.2) is 46.8 Å². The van der Waals surface area contributed by atoms with E-state index in [-0.39, 0.29) is 23.9 Å². The third-order valence-electron chi connectivity index (χ3n) is 5.40. The van der Waals surface area contributed by atoms with Crippen LogP contribution in [0.2, 0.25) is 0 Å². The van der Waals surface area contributed by atoms with Crippen LogP contribution in [0, 0.1) is 12.8 Å². The predicted octanol–water partition coefficient (Wildman–Crippen LogP) is 2.22. The van der Waals surface area contributed by atoms with Gasteiger partial charge < -0.3 is 9.80 Å². The van der Waals surface area contributed by atoms with Crippen molar-refractivity contribution < 1.29 is 9.59 Å². The van der Waals surface area contributed by atoms with Crippen molar-refractivity contribution in [1.82, 2.24) is 9.80 Å². The highest BCUT2D eigenvalue weighted by Crippen LogP contribution is 2.38. The van der Waals surface area contributed by atoms with E-state index in [4.69, 9.17) is 0 Å². The number of rotatable bonds is 3. The summed E-state index contributed by atoms with van der Waals surface area (Å²) in [6, 6.07) is 8.06. The summed E-state index contributed by atoms with van der Waals surface area (Å²) in [6.45, 7) is 3.66. The molecule has 2 atom stereocenters. The number of fused-ring (bicyclic) bond motifs is 1. The second kappa shape index (κ2) is 5.11. The third-order valence-corrected chi connectivity index (χ3v) is 5.40. The molecule has 0 unspecified atom stereocenters. The van der Waals surface area contributed by atoms with Crippen LogP contribution in [0.1, 0.15) is 41.6 Å². The molecule has 2 saturated heterocycles. The van der Waals surface area contributed by atoms with Gasteiger partial charge in [0.05, 0.1) is 12.1 Å². The Balaban J connectivity index is 1.54. The minimum Gasteiger partial charge on any atom is -0.337 e. The number of amides is 2. The molecule has 0 aromatic heterocycles. The average Bonchev–Trinajstić information content (AvgIpc) is 3.16. The summed E-state index contributed by atoms with van der Waals surface area (Å²) in [6.07, 6.45) is 3.95. The zero-order chi connectivity index (χ0) is 15.3. The van der Waals surface area contributed by atoms with Gasteiger partial charge in [-0.3, -0.25) is 9.59 Å². The molecule has 2 amide bonds. The van der Waals surface area contributed by atoms with E-state index < -0.39 is 0 Å². The molecule has 0 radical (unpaired) electrons. The maximum Gasteiger partial charge on any atom is 0.254 e. The molecule has 3 aliphatic rings. The van der Waals surface area contributed by atoms with Crippen LogP contribution in [0.4, 0.5) is 0 Å².